The Bertz CT molecular complexity index is 782. The van der Waals surface area contributed by atoms with E-state index in [4.69, 9.17) is 23.2 Å². The minimum Gasteiger partial charge on any atom is -0.465 e. The third-order valence-corrected chi connectivity index (χ3v) is 5.73. The third kappa shape index (κ3) is 7.24. The molecular formula is C22H34Cl2N2O5. The van der Waals surface area contributed by atoms with E-state index in [1.165, 1.54) is 9.80 Å². The van der Waals surface area contributed by atoms with Gasteiger partial charge in [-0.05, 0) is 23.1 Å². The highest BCUT2D eigenvalue weighted by atomic mass is 35.5. The predicted octanol–water partition coefficient (Wildman–Crippen LogP) is 4.07. The zero-order valence-electron chi connectivity index (χ0n) is 19.0. The van der Waals surface area contributed by atoms with Crippen LogP contribution >= 0.6 is 23.2 Å². The van der Waals surface area contributed by atoms with Crippen molar-refractivity contribution in [2.45, 2.75) is 52.7 Å². The number of carbonyl (C=O) groups excluding carboxylic acids is 1. The Morgan fingerprint density at radius 3 is 2.10 bits per heavy atom. The molecule has 1 rings (SSSR count). The summed E-state index contributed by atoms with van der Waals surface area (Å²) < 4.78 is 0. The normalized spacial score (nSPS) is 14.8. The van der Waals surface area contributed by atoms with Crippen molar-refractivity contribution >= 4 is 35.2 Å². The summed E-state index contributed by atoms with van der Waals surface area (Å²) in [6.07, 6.45) is -2.57. The molecule has 0 saturated carbocycles. The van der Waals surface area contributed by atoms with Crippen molar-refractivity contribution in [1.82, 2.24) is 9.80 Å². The highest BCUT2D eigenvalue weighted by molar-refractivity contribution is 6.42. The number of halogens is 2. The maximum absolute atomic E-state index is 12.7. The van der Waals surface area contributed by atoms with Crippen LogP contribution in [0, 0.1) is 11.3 Å². The molecule has 0 saturated heterocycles. The van der Waals surface area contributed by atoms with Crippen LogP contribution in [0.3, 0.4) is 0 Å². The molecule has 2 unspecified atom stereocenters. The van der Waals surface area contributed by atoms with Crippen molar-refractivity contribution in [3.63, 3.8) is 0 Å². The van der Waals surface area contributed by atoms with Crippen LogP contribution in [0.2, 0.25) is 10.0 Å². The number of hydrogen-bond donors (Lipinski definition) is 3. The third-order valence-electron chi connectivity index (χ3n) is 4.99. The number of rotatable bonds is 9. The van der Waals surface area contributed by atoms with Crippen LogP contribution in [0.15, 0.2) is 18.2 Å². The van der Waals surface area contributed by atoms with Crippen molar-refractivity contribution in [1.29, 1.82) is 0 Å². The number of nitrogens with zero attached hydrogens (tertiary/aromatic N) is 2. The molecule has 2 amide bonds. The van der Waals surface area contributed by atoms with E-state index < -0.39 is 29.8 Å². The van der Waals surface area contributed by atoms with E-state index >= 15 is 0 Å². The fourth-order valence-corrected chi connectivity index (χ4v) is 3.95. The summed E-state index contributed by atoms with van der Waals surface area (Å²) in [4.78, 5) is 27.9. The number of carboxylic acid groups (broad SMARTS) is 1. The van der Waals surface area contributed by atoms with Crippen LogP contribution in [0.5, 0.6) is 0 Å². The van der Waals surface area contributed by atoms with Crippen molar-refractivity contribution < 1.29 is 24.9 Å². The molecule has 0 spiro atoms. The maximum Gasteiger partial charge on any atom is 0.408 e. The molecule has 0 heterocycles. The SMILES string of the molecule is CC(C)C(=O)N(C)CC(CC(O)CO)(c1ccc(Cl)c(Cl)c1)N(CC(C)(C)C)C(=O)O. The van der Waals surface area contributed by atoms with Gasteiger partial charge in [0.15, 0.2) is 0 Å². The molecule has 31 heavy (non-hydrogen) atoms. The molecule has 1 aromatic rings. The zero-order valence-corrected chi connectivity index (χ0v) is 20.5. The first-order valence-electron chi connectivity index (χ1n) is 10.1. The Morgan fingerprint density at radius 2 is 1.68 bits per heavy atom. The van der Waals surface area contributed by atoms with Gasteiger partial charge in [-0.15, -0.1) is 0 Å². The van der Waals surface area contributed by atoms with E-state index in [2.05, 4.69) is 0 Å². The lowest BCUT2D eigenvalue weighted by Crippen LogP contribution is -2.59. The quantitative estimate of drug-likeness (QED) is 0.498. The van der Waals surface area contributed by atoms with Gasteiger partial charge in [0.05, 0.1) is 28.3 Å². The molecule has 1 aromatic carbocycles. The van der Waals surface area contributed by atoms with Gasteiger partial charge in [-0.1, -0.05) is 63.9 Å². The largest absolute Gasteiger partial charge is 0.465 e. The van der Waals surface area contributed by atoms with E-state index in [0.717, 1.165) is 0 Å². The first-order valence-corrected chi connectivity index (χ1v) is 10.9. The summed E-state index contributed by atoms with van der Waals surface area (Å²) in [5.41, 5.74) is -1.33. The Labute approximate surface area is 194 Å². The summed E-state index contributed by atoms with van der Waals surface area (Å²) >= 11 is 12.4. The van der Waals surface area contributed by atoms with Crippen LogP contribution in [0.4, 0.5) is 4.79 Å². The molecule has 2 atom stereocenters. The maximum atomic E-state index is 12.7. The van der Waals surface area contributed by atoms with Gasteiger partial charge in [0.25, 0.3) is 0 Å². The zero-order chi connectivity index (χ0) is 24.1. The van der Waals surface area contributed by atoms with Crippen molar-refractivity contribution in [3.05, 3.63) is 33.8 Å². The number of benzene rings is 1. The van der Waals surface area contributed by atoms with E-state index in [0.29, 0.717) is 10.6 Å². The van der Waals surface area contributed by atoms with Crippen LogP contribution in [0.25, 0.3) is 0 Å². The molecule has 9 heteroatoms. The number of aliphatic hydroxyl groups excluding tert-OH is 2. The smallest absolute Gasteiger partial charge is 0.408 e. The molecule has 0 aliphatic rings. The molecule has 176 valence electrons. The average Bonchev–Trinajstić information content (AvgIpc) is 2.65. The average molecular weight is 477 g/mol. The molecule has 0 fully saturated rings. The van der Waals surface area contributed by atoms with Gasteiger partial charge in [0, 0.05) is 32.5 Å². The van der Waals surface area contributed by atoms with Gasteiger partial charge in [-0.25, -0.2) is 4.79 Å². The van der Waals surface area contributed by atoms with Gasteiger partial charge >= 0.3 is 6.09 Å². The topological polar surface area (TPSA) is 101 Å². The summed E-state index contributed by atoms with van der Waals surface area (Å²) in [6.45, 7) is 8.72. The van der Waals surface area contributed by atoms with E-state index in [-0.39, 0.29) is 36.4 Å². The Balaban J connectivity index is 3.82. The molecule has 0 aliphatic carbocycles. The fourth-order valence-electron chi connectivity index (χ4n) is 3.65. The lowest BCUT2D eigenvalue weighted by atomic mass is 9.80. The molecular weight excluding hydrogens is 443 g/mol. The van der Waals surface area contributed by atoms with Gasteiger partial charge in [-0.2, -0.15) is 0 Å². The summed E-state index contributed by atoms with van der Waals surface area (Å²) in [5, 5.41) is 30.8. The molecule has 0 aliphatic heterocycles. The number of aliphatic hydroxyl groups is 2. The second kappa shape index (κ2) is 10.9. The van der Waals surface area contributed by atoms with Crippen LogP contribution in [-0.4, -0.2) is 70.0 Å². The minimum absolute atomic E-state index is 0.0403. The van der Waals surface area contributed by atoms with Crippen molar-refractivity contribution in [2.24, 2.45) is 11.3 Å². The van der Waals surface area contributed by atoms with Crippen LogP contribution in [-0.2, 0) is 10.3 Å². The van der Waals surface area contributed by atoms with E-state index in [1.807, 2.05) is 20.8 Å². The summed E-state index contributed by atoms with van der Waals surface area (Å²) in [5.74, 6) is -0.482. The van der Waals surface area contributed by atoms with Crippen molar-refractivity contribution in [3.8, 4) is 0 Å². The first-order chi connectivity index (χ1) is 14.1. The Kier molecular flexibility index (Phi) is 9.63. The lowest BCUT2D eigenvalue weighted by Gasteiger charge is -2.48. The summed E-state index contributed by atoms with van der Waals surface area (Å²) in [6, 6.07) is 4.76. The number of carbonyl (C=O) groups is 2. The highest BCUT2D eigenvalue weighted by Gasteiger charge is 2.46. The van der Waals surface area contributed by atoms with Gasteiger partial charge in [0.2, 0.25) is 5.91 Å². The number of likely N-dealkylation sites (N-methyl/N-ethyl adjacent to an activating group) is 1. The Hall–Kier alpha value is -1.54. The number of amides is 2. The highest BCUT2D eigenvalue weighted by Crippen LogP contribution is 2.39. The van der Waals surface area contributed by atoms with Gasteiger partial charge in [0.1, 0.15) is 0 Å². The first kappa shape index (κ1) is 27.5. The van der Waals surface area contributed by atoms with E-state index in [1.54, 1.807) is 39.1 Å². The monoisotopic (exact) mass is 476 g/mol. The molecule has 0 aromatic heterocycles. The molecule has 0 bridgehead atoms. The van der Waals surface area contributed by atoms with Crippen LogP contribution < -0.4 is 0 Å². The van der Waals surface area contributed by atoms with Crippen molar-refractivity contribution in [2.75, 3.05) is 26.7 Å². The standard InChI is InChI=1S/C22H34Cl2N2O5/c1-14(2)19(29)25(6)13-22(10-16(28)11-27,15-7-8-17(23)18(24)9-15)26(20(30)31)12-21(3,4)5/h7-9,14,16,27-28H,10-13H2,1-6H3,(H,30,31). The second-order valence-corrected chi connectivity index (χ2v) is 10.3. The van der Waals surface area contributed by atoms with Gasteiger partial charge < -0.3 is 20.2 Å². The minimum atomic E-state index is -1.38. The van der Waals surface area contributed by atoms with Crippen LogP contribution in [0.1, 0.15) is 46.6 Å². The molecule has 0 radical (unpaired) electrons. The lowest BCUT2D eigenvalue weighted by molar-refractivity contribution is -0.135. The number of hydrogen-bond acceptors (Lipinski definition) is 4. The second-order valence-electron chi connectivity index (χ2n) is 9.48. The van der Waals surface area contributed by atoms with Gasteiger partial charge in [-0.3, -0.25) is 9.69 Å². The Morgan fingerprint density at radius 1 is 1.10 bits per heavy atom. The summed E-state index contributed by atoms with van der Waals surface area (Å²) in [7, 11) is 1.59. The molecule has 7 nitrogen and oxygen atoms in total. The predicted molar refractivity (Wildman–Crippen MR) is 123 cm³/mol. The fraction of sp³-hybridized carbons (Fsp3) is 0.636. The molecule has 3 N–H and O–H groups in total. The van der Waals surface area contributed by atoms with E-state index in [9.17, 15) is 24.9 Å².